The minimum atomic E-state index is -0.190. The van der Waals surface area contributed by atoms with E-state index in [1.807, 2.05) is 55.5 Å². The van der Waals surface area contributed by atoms with Crippen LogP contribution in [0.4, 0.5) is 5.69 Å². The Labute approximate surface area is 131 Å². The first-order valence-corrected chi connectivity index (χ1v) is 7.35. The molecule has 3 rings (SSSR count). The number of aromatic nitrogens is 1. The third-order valence-corrected chi connectivity index (χ3v) is 3.78. The molecule has 0 aliphatic heterocycles. The van der Waals surface area contributed by atoms with Crippen LogP contribution in [0, 0.1) is 6.92 Å². The average molecular weight is 341 g/mol. The fourth-order valence-electron chi connectivity index (χ4n) is 2.21. The quantitative estimate of drug-likeness (QED) is 0.743. The van der Waals surface area contributed by atoms with Crippen molar-refractivity contribution in [3.63, 3.8) is 0 Å². The number of hydrogen-bond acceptors (Lipinski definition) is 2. The molecule has 0 spiro atoms. The summed E-state index contributed by atoms with van der Waals surface area (Å²) in [6, 6.07) is 15.6. The van der Waals surface area contributed by atoms with Gasteiger partial charge in [-0.1, -0.05) is 34.1 Å². The van der Waals surface area contributed by atoms with Gasteiger partial charge in [0.05, 0.1) is 0 Å². The highest BCUT2D eigenvalue weighted by Crippen LogP contribution is 2.23. The van der Waals surface area contributed by atoms with Crippen LogP contribution in [0.1, 0.15) is 16.1 Å². The van der Waals surface area contributed by atoms with Crippen molar-refractivity contribution >= 4 is 38.3 Å². The highest BCUT2D eigenvalue weighted by molar-refractivity contribution is 9.10. The van der Waals surface area contributed by atoms with E-state index in [1.165, 1.54) is 0 Å². The summed E-state index contributed by atoms with van der Waals surface area (Å²) in [7, 11) is 0. The van der Waals surface area contributed by atoms with E-state index < -0.39 is 0 Å². The Morgan fingerprint density at radius 2 is 1.86 bits per heavy atom. The zero-order valence-electron chi connectivity index (χ0n) is 11.4. The largest absolute Gasteiger partial charge is 0.321 e. The number of aryl methyl sites for hydroxylation is 1. The van der Waals surface area contributed by atoms with Crippen molar-refractivity contribution in [1.29, 1.82) is 0 Å². The second kappa shape index (κ2) is 5.66. The van der Waals surface area contributed by atoms with Crippen molar-refractivity contribution in [2.45, 2.75) is 6.92 Å². The Balaban J connectivity index is 1.90. The Hall–Kier alpha value is -2.20. The number of hydrogen-bond donors (Lipinski definition) is 1. The van der Waals surface area contributed by atoms with Crippen molar-refractivity contribution < 1.29 is 4.79 Å². The molecule has 0 saturated heterocycles. The monoisotopic (exact) mass is 340 g/mol. The lowest BCUT2D eigenvalue weighted by Gasteiger charge is -2.08. The second-order valence-electron chi connectivity index (χ2n) is 4.83. The number of pyridine rings is 1. The number of benzene rings is 2. The molecule has 0 aliphatic rings. The maximum absolute atomic E-state index is 12.2. The Kier molecular flexibility index (Phi) is 3.71. The van der Waals surface area contributed by atoms with Gasteiger partial charge in [-0.15, -0.1) is 0 Å². The predicted octanol–water partition coefficient (Wildman–Crippen LogP) is 4.56. The number of halogens is 1. The molecule has 0 radical (unpaired) electrons. The molecule has 0 saturated carbocycles. The summed E-state index contributed by atoms with van der Waals surface area (Å²) in [5.74, 6) is -0.190. The van der Waals surface area contributed by atoms with E-state index in [0.29, 0.717) is 5.69 Å². The van der Waals surface area contributed by atoms with Crippen LogP contribution in [-0.2, 0) is 0 Å². The average Bonchev–Trinajstić information content (AvgIpc) is 2.48. The zero-order valence-corrected chi connectivity index (χ0v) is 13.0. The van der Waals surface area contributed by atoms with Crippen LogP contribution in [0.2, 0.25) is 0 Å². The molecule has 0 atom stereocenters. The number of nitrogens with zero attached hydrogens (tertiary/aromatic N) is 1. The van der Waals surface area contributed by atoms with Crippen LogP contribution in [0.3, 0.4) is 0 Å². The molecule has 3 aromatic rings. The molecule has 0 unspecified atom stereocenters. The van der Waals surface area contributed by atoms with Gasteiger partial charge in [-0.2, -0.15) is 0 Å². The number of fused-ring (bicyclic) bond motifs is 1. The number of amides is 1. The zero-order chi connectivity index (χ0) is 14.8. The van der Waals surface area contributed by atoms with Crippen LogP contribution in [0.25, 0.3) is 10.8 Å². The summed E-state index contributed by atoms with van der Waals surface area (Å²) in [5.41, 5.74) is 2.08. The van der Waals surface area contributed by atoms with Crippen molar-refractivity contribution in [2.75, 3.05) is 5.32 Å². The van der Waals surface area contributed by atoms with E-state index in [0.717, 1.165) is 26.5 Å². The van der Waals surface area contributed by atoms with Crippen molar-refractivity contribution in [3.8, 4) is 0 Å². The first kappa shape index (κ1) is 13.8. The molecule has 21 heavy (non-hydrogen) atoms. The fraction of sp³-hybridized carbons (Fsp3) is 0.0588. The number of rotatable bonds is 2. The van der Waals surface area contributed by atoms with Gasteiger partial charge in [-0.3, -0.25) is 9.78 Å². The summed E-state index contributed by atoms with van der Waals surface area (Å²) >= 11 is 3.45. The minimum absolute atomic E-state index is 0.190. The van der Waals surface area contributed by atoms with E-state index in [2.05, 4.69) is 26.2 Å². The highest BCUT2D eigenvalue weighted by atomic mass is 79.9. The summed E-state index contributed by atoms with van der Waals surface area (Å²) < 4.78 is 1.04. The van der Waals surface area contributed by atoms with E-state index in [1.54, 1.807) is 6.20 Å². The maximum Gasteiger partial charge on any atom is 0.274 e. The summed E-state index contributed by atoms with van der Waals surface area (Å²) in [5, 5.41) is 5.09. The number of carbonyl (C=O) groups is 1. The number of nitrogens with one attached hydrogen (secondary N) is 1. The van der Waals surface area contributed by atoms with Gasteiger partial charge < -0.3 is 5.32 Å². The topological polar surface area (TPSA) is 42.0 Å². The van der Waals surface area contributed by atoms with Crippen LogP contribution < -0.4 is 5.32 Å². The summed E-state index contributed by atoms with van der Waals surface area (Å²) in [4.78, 5) is 16.4. The van der Waals surface area contributed by atoms with Gasteiger partial charge in [0.2, 0.25) is 0 Å². The molecule has 0 fully saturated rings. The SMILES string of the molecule is Cc1cccnc1C(=O)Nc1ccc2cc(Br)ccc2c1. The molecule has 104 valence electrons. The molecule has 2 aromatic carbocycles. The first-order chi connectivity index (χ1) is 10.1. The third-order valence-electron chi connectivity index (χ3n) is 3.28. The lowest BCUT2D eigenvalue weighted by molar-refractivity contribution is 0.102. The van der Waals surface area contributed by atoms with Crippen molar-refractivity contribution in [2.24, 2.45) is 0 Å². The van der Waals surface area contributed by atoms with Crippen LogP contribution in [0.15, 0.2) is 59.2 Å². The van der Waals surface area contributed by atoms with Gasteiger partial charge in [0.1, 0.15) is 5.69 Å². The standard InChI is InChI=1S/C17H13BrN2O/c1-11-3-2-8-19-16(11)17(21)20-15-7-5-12-9-14(18)6-4-13(12)10-15/h2-10H,1H3,(H,20,21). The third kappa shape index (κ3) is 2.95. The fourth-order valence-corrected chi connectivity index (χ4v) is 2.59. The minimum Gasteiger partial charge on any atom is -0.321 e. The lowest BCUT2D eigenvalue weighted by Crippen LogP contribution is -2.14. The van der Waals surface area contributed by atoms with Gasteiger partial charge >= 0.3 is 0 Å². The second-order valence-corrected chi connectivity index (χ2v) is 5.74. The summed E-state index contributed by atoms with van der Waals surface area (Å²) in [6.45, 7) is 1.87. The molecule has 1 N–H and O–H groups in total. The molecule has 1 heterocycles. The molecule has 1 amide bonds. The van der Waals surface area contributed by atoms with E-state index >= 15 is 0 Å². The summed E-state index contributed by atoms with van der Waals surface area (Å²) in [6.07, 6.45) is 1.62. The molecular formula is C17H13BrN2O. The van der Waals surface area contributed by atoms with E-state index in [4.69, 9.17) is 0 Å². The van der Waals surface area contributed by atoms with Gasteiger partial charge in [0, 0.05) is 16.4 Å². The highest BCUT2D eigenvalue weighted by Gasteiger charge is 2.10. The number of carbonyl (C=O) groups excluding carboxylic acids is 1. The Morgan fingerprint density at radius 1 is 1.10 bits per heavy atom. The van der Waals surface area contributed by atoms with Gasteiger partial charge in [-0.05, 0) is 53.6 Å². The lowest BCUT2D eigenvalue weighted by atomic mass is 10.1. The van der Waals surface area contributed by atoms with Crippen LogP contribution in [-0.4, -0.2) is 10.9 Å². The number of anilines is 1. The smallest absolute Gasteiger partial charge is 0.274 e. The molecule has 3 nitrogen and oxygen atoms in total. The normalized spacial score (nSPS) is 10.6. The van der Waals surface area contributed by atoms with Crippen molar-refractivity contribution in [1.82, 2.24) is 4.98 Å². The Morgan fingerprint density at radius 3 is 2.67 bits per heavy atom. The Bertz CT molecular complexity index is 830. The van der Waals surface area contributed by atoms with Crippen LogP contribution >= 0.6 is 15.9 Å². The van der Waals surface area contributed by atoms with Gasteiger partial charge in [0.25, 0.3) is 5.91 Å². The molecule has 4 heteroatoms. The molecule has 0 bridgehead atoms. The van der Waals surface area contributed by atoms with Crippen molar-refractivity contribution in [3.05, 3.63) is 70.5 Å². The van der Waals surface area contributed by atoms with Gasteiger partial charge in [-0.25, -0.2) is 0 Å². The van der Waals surface area contributed by atoms with E-state index in [-0.39, 0.29) is 5.91 Å². The van der Waals surface area contributed by atoms with Crippen LogP contribution in [0.5, 0.6) is 0 Å². The molecule has 0 aliphatic carbocycles. The van der Waals surface area contributed by atoms with Gasteiger partial charge in [0.15, 0.2) is 0 Å². The first-order valence-electron chi connectivity index (χ1n) is 6.56. The predicted molar refractivity (Wildman–Crippen MR) is 88.6 cm³/mol. The van der Waals surface area contributed by atoms with E-state index in [9.17, 15) is 4.79 Å². The molecular weight excluding hydrogens is 328 g/mol. The molecule has 1 aromatic heterocycles. The maximum atomic E-state index is 12.2.